The van der Waals surface area contributed by atoms with E-state index in [1.807, 2.05) is 17.3 Å². The Kier molecular flexibility index (Phi) is 0.773. The molecule has 0 spiro atoms. The van der Waals surface area contributed by atoms with Crippen molar-refractivity contribution in [1.29, 1.82) is 0 Å². The van der Waals surface area contributed by atoms with Crippen molar-refractivity contribution in [3.63, 3.8) is 0 Å². The summed E-state index contributed by atoms with van der Waals surface area (Å²) in [5.74, 6) is 0. The van der Waals surface area contributed by atoms with Crippen LogP contribution in [0.1, 0.15) is 0 Å². The van der Waals surface area contributed by atoms with E-state index in [4.69, 9.17) is 4.74 Å². The first-order valence-corrected chi connectivity index (χ1v) is 2.64. The summed E-state index contributed by atoms with van der Waals surface area (Å²) < 4.78 is 4.78. The fourth-order valence-corrected chi connectivity index (χ4v) is 0.739. The lowest BCUT2D eigenvalue weighted by Crippen LogP contribution is -2.23. The van der Waals surface area contributed by atoms with Crippen molar-refractivity contribution >= 4 is 0 Å². The van der Waals surface area contributed by atoms with Gasteiger partial charge in [0.05, 0.1) is 6.20 Å². The van der Waals surface area contributed by atoms with Crippen LogP contribution in [0.3, 0.4) is 0 Å². The third-order valence-corrected chi connectivity index (χ3v) is 1.16. The Bertz CT molecular complexity index is 205. The van der Waals surface area contributed by atoms with Gasteiger partial charge in [-0.25, -0.2) is 0 Å². The summed E-state index contributed by atoms with van der Waals surface area (Å²) in [5, 5.41) is 1.81. The Labute approximate surface area is 52.9 Å². The molecule has 45 valence electrons. The minimum absolute atomic E-state index is 0.900. The van der Waals surface area contributed by atoms with Gasteiger partial charge in [-0.3, -0.25) is 5.01 Å². The fraction of sp³-hybridized carbons (Fsp3) is 0. The predicted octanol–water partition coefficient (Wildman–Crippen LogP) is 0.466. The highest BCUT2D eigenvalue weighted by molar-refractivity contribution is 5.20. The van der Waals surface area contributed by atoms with Crippen LogP contribution in [0.5, 0.6) is 0 Å². The van der Waals surface area contributed by atoms with Crippen molar-refractivity contribution in [2.24, 2.45) is 0 Å². The number of allylic oxidation sites excluding steroid dienone is 1. The van der Waals surface area contributed by atoms with Gasteiger partial charge in [0.25, 0.3) is 0 Å². The lowest BCUT2D eigenvalue weighted by molar-refractivity contribution is 0.296. The molecular weight excluding hydrogens is 116 g/mol. The van der Waals surface area contributed by atoms with Crippen molar-refractivity contribution in [2.75, 3.05) is 0 Å². The topological polar surface area (TPSA) is 24.5 Å². The molecule has 0 saturated heterocycles. The molecule has 0 aromatic rings. The van der Waals surface area contributed by atoms with Crippen molar-refractivity contribution < 1.29 is 4.74 Å². The van der Waals surface area contributed by atoms with Crippen LogP contribution >= 0.6 is 0 Å². The van der Waals surface area contributed by atoms with Gasteiger partial charge in [0, 0.05) is 6.20 Å². The van der Waals surface area contributed by atoms with Gasteiger partial charge in [-0.1, -0.05) is 0 Å². The summed E-state index contributed by atoms with van der Waals surface area (Å²) in [6, 6.07) is 0. The van der Waals surface area contributed by atoms with E-state index >= 15 is 0 Å². The molecule has 1 radical (unpaired) electrons. The van der Waals surface area contributed by atoms with E-state index in [0.717, 1.165) is 5.70 Å². The second-order valence-corrected chi connectivity index (χ2v) is 1.72. The average molecular weight is 121 g/mol. The molecule has 2 aliphatic rings. The van der Waals surface area contributed by atoms with Gasteiger partial charge in [-0.2, -0.15) is 0 Å². The third kappa shape index (κ3) is 0.579. The number of hydrogen-bond donors (Lipinski definition) is 1. The summed E-state index contributed by atoms with van der Waals surface area (Å²) in [6.45, 7) is 0. The first kappa shape index (κ1) is 4.49. The van der Waals surface area contributed by atoms with Crippen LogP contribution in [0.2, 0.25) is 0 Å². The van der Waals surface area contributed by atoms with E-state index in [1.165, 1.54) is 0 Å². The number of hydrogen-bond acceptors (Lipinski definition) is 3. The lowest BCUT2D eigenvalue weighted by Gasteiger charge is -2.16. The monoisotopic (exact) mass is 121 g/mol. The van der Waals surface area contributed by atoms with Crippen LogP contribution in [-0.2, 0) is 4.74 Å². The van der Waals surface area contributed by atoms with E-state index in [0.29, 0.717) is 0 Å². The Morgan fingerprint density at radius 2 is 2.67 bits per heavy atom. The van der Waals surface area contributed by atoms with Crippen LogP contribution in [0.15, 0.2) is 30.4 Å². The first-order valence-electron chi connectivity index (χ1n) is 2.64. The second kappa shape index (κ2) is 1.55. The summed E-state index contributed by atoms with van der Waals surface area (Å²) in [6.07, 6.45) is 9.73. The molecule has 9 heavy (non-hydrogen) atoms. The molecule has 0 saturated carbocycles. The number of rotatable bonds is 0. The number of fused-ring (bicyclic) bond motifs is 1. The van der Waals surface area contributed by atoms with Crippen LogP contribution in [-0.4, -0.2) is 5.01 Å². The van der Waals surface area contributed by atoms with Crippen LogP contribution < -0.4 is 5.43 Å². The molecule has 0 bridgehead atoms. The molecule has 0 aromatic carbocycles. The van der Waals surface area contributed by atoms with Gasteiger partial charge >= 0.3 is 0 Å². The molecule has 0 atom stereocenters. The second-order valence-electron chi connectivity index (χ2n) is 1.72. The molecule has 2 heterocycles. The Balaban J connectivity index is 2.29. The lowest BCUT2D eigenvalue weighted by atomic mass is 10.4. The molecule has 0 aromatic heterocycles. The van der Waals surface area contributed by atoms with Crippen molar-refractivity contribution in [3.05, 3.63) is 36.7 Å². The highest BCUT2D eigenvalue weighted by Gasteiger charge is 2.10. The fourth-order valence-electron chi connectivity index (χ4n) is 0.739. The van der Waals surface area contributed by atoms with Crippen LogP contribution in [0, 0.1) is 6.26 Å². The molecule has 0 fully saturated rings. The maximum atomic E-state index is 4.78. The SMILES string of the molecule is [C]1=C2C=CNN2C=CO1. The average Bonchev–Trinajstić information content (AvgIpc) is 2.33. The highest BCUT2D eigenvalue weighted by atomic mass is 16.5. The highest BCUT2D eigenvalue weighted by Crippen LogP contribution is 2.12. The third-order valence-electron chi connectivity index (χ3n) is 1.16. The number of nitrogens with one attached hydrogen (secondary N) is 1. The van der Waals surface area contributed by atoms with E-state index in [9.17, 15) is 0 Å². The Hall–Kier alpha value is -1.38. The van der Waals surface area contributed by atoms with E-state index < -0.39 is 0 Å². The Morgan fingerprint density at radius 3 is 3.56 bits per heavy atom. The van der Waals surface area contributed by atoms with E-state index in [-0.39, 0.29) is 0 Å². The molecule has 0 aliphatic carbocycles. The van der Waals surface area contributed by atoms with Crippen molar-refractivity contribution in [1.82, 2.24) is 10.4 Å². The molecule has 0 unspecified atom stereocenters. The zero-order valence-electron chi connectivity index (χ0n) is 4.66. The molecule has 3 nitrogen and oxygen atoms in total. The van der Waals surface area contributed by atoms with Crippen molar-refractivity contribution in [2.45, 2.75) is 0 Å². The summed E-state index contributed by atoms with van der Waals surface area (Å²) in [5.41, 5.74) is 3.85. The van der Waals surface area contributed by atoms with Gasteiger partial charge in [0.2, 0.25) is 0 Å². The van der Waals surface area contributed by atoms with Gasteiger partial charge in [-0.15, -0.1) is 0 Å². The zero-order valence-corrected chi connectivity index (χ0v) is 4.66. The largest absolute Gasteiger partial charge is 0.457 e. The maximum absolute atomic E-state index is 4.78. The van der Waals surface area contributed by atoms with Crippen molar-refractivity contribution in [3.8, 4) is 0 Å². The van der Waals surface area contributed by atoms with Gasteiger partial charge in [-0.05, 0) is 6.08 Å². The van der Waals surface area contributed by atoms with Crippen LogP contribution in [0.4, 0.5) is 0 Å². The van der Waals surface area contributed by atoms with E-state index in [1.54, 1.807) is 12.5 Å². The quantitative estimate of drug-likeness (QED) is 0.504. The normalized spacial score (nSPS) is 20.4. The minimum Gasteiger partial charge on any atom is -0.457 e. The van der Waals surface area contributed by atoms with Gasteiger partial charge < -0.3 is 10.2 Å². The standard InChI is InChI=1S/C6H5N2O/c1-2-7-8-3-4-9-5-6(1)8/h1-4,7H. The number of hydrazine groups is 1. The molecule has 2 rings (SSSR count). The molecule has 1 N–H and O–H groups in total. The molecule has 0 amide bonds. The van der Waals surface area contributed by atoms with Crippen LogP contribution in [0.25, 0.3) is 0 Å². The van der Waals surface area contributed by atoms with E-state index in [2.05, 4.69) is 11.7 Å². The van der Waals surface area contributed by atoms with Gasteiger partial charge in [0.15, 0.2) is 6.26 Å². The molecule has 3 heteroatoms. The first-order chi connectivity index (χ1) is 4.47. The maximum Gasteiger partial charge on any atom is 0.196 e. The minimum atomic E-state index is 0.900. The predicted molar refractivity (Wildman–Crippen MR) is 31.1 cm³/mol. The Morgan fingerprint density at radius 1 is 1.67 bits per heavy atom. The summed E-state index contributed by atoms with van der Waals surface area (Å²) in [4.78, 5) is 0. The summed E-state index contributed by atoms with van der Waals surface area (Å²) >= 11 is 0. The molecule has 2 aliphatic heterocycles. The summed E-state index contributed by atoms with van der Waals surface area (Å²) in [7, 11) is 0. The number of ether oxygens (including phenoxy) is 1. The van der Waals surface area contributed by atoms with Gasteiger partial charge in [0.1, 0.15) is 12.0 Å². The number of nitrogens with zero attached hydrogens (tertiary/aromatic N) is 1. The smallest absolute Gasteiger partial charge is 0.196 e. The zero-order chi connectivity index (χ0) is 6.10. The molecular formula is C6H5N2O.